The lowest BCUT2D eigenvalue weighted by Crippen LogP contribution is -2.30. The molecule has 0 saturated heterocycles. The van der Waals surface area contributed by atoms with E-state index in [1.165, 1.54) is 23.2 Å². The number of aliphatic hydroxyl groups excluding tert-OH is 1. The third-order valence-electron chi connectivity index (χ3n) is 3.71. The number of hydrogen-bond donors (Lipinski definition) is 1. The maximum Gasteiger partial charge on any atom is 0.294 e. The standard InChI is InChI=1S/C17H15NO3S/c1-10-5-7-12(8-6-10)18-15(13-4-3-9-22-13)14(11(2)19)16(20)17(18)21/h3-9,15,20H,1-2H3. The topological polar surface area (TPSA) is 57.6 Å². The highest BCUT2D eigenvalue weighted by molar-refractivity contribution is 7.10. The van der Waals surface area contributed by atoms with Crippen LogP contribution in [-0.2, 0) is 9.59 Å². The number of amides is 1. The molecule has 0 radical (unpaired) electrons. The minimum atomic E-state index is -0.562. The first-order chi connectivity index (χ1) is 10.5. The fourth-order valence-electron chi connectivity index (χ4n) is 2.65. The number of thiophene rings is 1. The first-order valence-corrected chi connectivity index (χ1v) is 7.76. The summed E-state index contributed by atoms with van der Waals surface area (Å²) in [5.41, 5.74) is 1.90. The second-order valence-electron chi connectivity index (χ2n) is 5.25. The van der Waals surface area contributed by atoms with E-state index in [9.17, 15) is 14.7 Å². The van der Waals surface area contributed by atoms with E-state index in [0.29, 0.717) is 5.69 Å². The van der Waals surface area contributed by atoms with Gasteiger partial charge in [-0.2, -0.15) is 0 Å². The van der Waals surface area contributed by atoms with Crippen LogP contribution in [0.2, 0.25) is 0 Å². The van der Waals surface area contributed by atoms with Crippen LogP contribution >= 0.6 is 11.3 Å². The molecule has 2 heterocycles. The summed E-state index contributed by atoms with van der Waals surface area (Å²) >= 11 is 1.46. The lowest BCUT2D eigenvalue weighted by Gasteiger charge is -2.25. The van der Waals surface area contributed by atoms with Crippen LogP contribution in [0, 0.1) is 6.92 Å². The number of hydrogen-bond acceptors (Lipinski definition) is 4. The molecular formula is C17H15NO3S. The highest BCUT2D eigenvalue weighted by Gasteiger charge is 2.43. The molecule has 1 amide bonds. The van der Waals surface area contributed by atoms with Crippen LogP contribution in [0.1, 0.15) is 23.4 Å². The molecule has 5 heteroatoms. The Morgan fingerprint density at radius 1 is 1.23 bits per heavy atom. The Kier molecular flexibility index (Phi) is 3.58. The first kappa shape index (κ1) is 14.5. The summed E-state index contributed by atoms with van der Waals surface area (Å²) in [6.07, 6.45) is 0. The predicted octanol–water partition coefficient (Wildman–Crippen LogP) is 3.55. The Morgan fingerprint density at radius 2 is 1.91 bits per heavy atom. The van der Waals surface area contributed by atoms with Crippen molar-refractivity contribution < 1.29 is 14.7 Å². The SMILES string of the molecule is CC(=O)C1=C(O)C(=O)N(c2ccc(C)cc2)C1c1cccs1. The number of aliphatic hydroxyl groups is 1. The van der Waals surface area contributed by atoms with E-state index in [-0.39, 0.29) is 11.4 Å². The van der Waals surface area contributed by atoms with Crippen molar-refractivity contribution in [3.05, 3.63) is 63.6 Å². The molecule has 0 aliphatic carbocycles. The average Bonchev–Trinajstić information content (AvgIpc) is 3.08. The molecule has 1 aromatic heterocycles. The van der Waals surface area contributed by atoms with E-state index in [1.54, 1.807) is 0 Å². The molecule has 22 heavy (non-hydrogen) atoms. The molecule has 0 bridgehead atoms. The van der Waals surface area contributed by atoms with Crippen molar-refractivity contribution in [1.29, 1.82) is 0 Å². The maximum atomic E-state index is 12.5. The Balaban J connectivity index is 2.15. The van der Waals surface area contributed by atoms with Gasteiger partial charge in [-0.15, -0.1) is 11.3 Å². The number of rotatable bonds is 3. The van der Waals surface area contributed by atoms with E-state index in [1.807, 2.05) is 48.7 Å². The number of ketones is 1. The number of nitrogens with zero attached hydrogens (tertiary/aromatic N) is 1. The van der Waals surface area contributed by atoms with Gasteiger partial charge in [0.15, 0.2) is 11.5 Å². The van der Waals surface area contributed by atoms with Crippen LogP contribution in [0.4, 0.5) is 5.69 Å². The van der Waals surface area contributed by atoms with E-state index in [4.69, 9.17) is 0 Å². The summed E-state index contributed by atoms with van der Waals surface area (Å²) in [7, 11) is 0. The van der Waals surface area contributed by atoms with Gasteiger partial charge in [-0.05, 0) is 37.4 Å². The molecule has 1 N–H and O–H groups in total. The van der Waals surface area contributed by atoms with Crippen LogP contribution in [0.25, 0.3) is 0 Å². The molecule has 0 fully saturated rings. The van der Waals surface area contributed by atoms with Gasteiger partial charge in [-0.25, -0.2) is 0 Å². The zero-order chi connectivity index (χ0) is 15.9. The van der Waals surface area contributed by atoms with Crippen molar-refractivity contribution in [1.82, 2.24) is 0 Å². The summed E-state index contributed by atoms with van der Waals surface area (Å²) in [4.78, 5) is 26.8. The van der Waals surface area contributed by atoms with Crippen LogP contribution in [0.3, 0.4) is 0 Å². The van der Waals surface area contributed by atoms with Gasteiger partial charge < -0.3 is 5.11 Å². The van der Waals surface area contributed by atoms with Crippen LogP contribution in [-0.4, -0.2) is 16.8 Å². The van der Waals surface area contributed by atoms with E-state index in [0.717, 1.165) is 10.4 Å². The molecule has 112 valence electrons. The van der Waals surface area contributed by atoms with E-state index >= 15 is 0 Å². The normalized spacial score (nSPS) is 18.2. The fraction of sp³-hybridized carbons (Fsp3) is 0.176. The number of benzene rings is 1. The molecule has 1 aliphatic rings. The number of aryl methyl sites for hydroxylation is 1. The van der Waals surface area contributed by atoms with Crippen molar-refractivity contribution >= 4 is 28.7 Å². The zero-order valence-electron chi connectivity index (χ0n) is 12.2. The highest BCUT2D eigenvalue weighted by Crippen LogP contribution is 2.42. The highest BCUT2D eigenvalue weighted by atomic mass is 32.1. The predicted molar refractivity (Wildman–Crippen MR) is 86.1 cm³/mol. The van der Waals surface area contributed by atoms with Gasteiger partial charge in [0, 0.05) is 10.6 Å². The van der Waals surface area contributed by atoms with Gasteiger partial charge in [0.2, 0.25) is 0 Å². The quantitative estimate of drug-likeness (QED) is 0.943. The molecule has 1 aromatic carbocycles. The number of Topliss-reactive ketones (excluding diaryl/α,β-unsaturated/α-hetero) is 1. The molecule has 4 nitrogen and oxygen atoms in total. The molecule has 0 saturated carbocycles. The molecule has 1 atom stereocenters. The minimum Gasteiger partial charge on any atom is -0.503 e. The van der Waals surface area contributed by atoms with E-state index < -0.39 is 17.7 Å². The van der Waals surface area contributed by atoms with Crippen molar-refractivity contribution in [3.63, 3.8) is 0 Å². The zero-order valence-corrected chi connectivity index (χ0v) is 13.1. The summed E-state index contributed by atoms with van der Waals surface area (Å²) < 4.78 is 0. The molecule has 1 unspecified atom stereocenters. The Bertz CT molecular complexity index is 760. The second-order valence-corrected chi connectivity index (χ2v) is 6.23. The summed E-state index contributed by atoms with van der Waals surface area (Å²) in [5, 5.41) is 12.0. The van der Waals surface area contributed by atoms with Gasteiger partial charge in [-0.3, -0.25) is 14.5 Å². The van der Waals surface area contributed by atoms with Gasteiger partial charge in [-0.1, -0.05) is 23.8 Å². The summed E-state index contributed by atoms with van der Waals surface area (Å²) in [6.45, 7) is 3.33. The first-order valence-electron chi connectivity index (χ1n) is 6.88. The van der Waals surface area contributed by atoms with Crippen LogP contribution < -0.4 is 4.90 Å². The maximum absolute atomic E-state index is 12.5. The summed E-state index contributed by atoms with van der Waals surface area (Å²) in [5.74, 6) is -1.28. The Labute approximate surface area is 132 Å². The third-order valence-corrected chi connectivity index (χ3v) is 4.64. The Morgan fingerprint density at radius 3 is 2.45 bits per heavy atom. The molecular weight excluding hydrogens is 298 g/mol. The van der Waals surface area contributed by atoms with Crippen LogP contribution in [0.5, 0.6) is 0 Å². The Hall–Kier alpha value is -2.40. The molecule has 1 aliphatic heterocycles. The second kappa shape index (κ2) is 5.42. The smallest absolute Gasteiger partial charge is 0.294 e. The van der Waals surface area contributed by atoms with E-state index in [2.05, 4.69) is 0 Å². The van der Waals surface area contributed by atoms with Gasteiger partial charge in [0.05, 0.1) is 5.57 Å². The fourth-order valence-corrected chi connectivity index (χ4v) is 3.48. The molecule has 3 rings (SSSR count). The molecule has 0 spiro atoms. The van der Waals surface area contributed by atoms with Gasteiger partial charge in [0.1, 0.15) is 6.04 Å². The lowest BCUT2D eigenvalue weighted by atomic mass is 10.0. The van der Waals surface area contributed by atoms with Crippen molar-refractivity contribution in [2.45, 2.75) is 19.9 Å². The largest absolute Gasteiger partial charge is 0.503 e. The minimum absolute atomic E-state index is 0.160. The van der Waals surface area contributed by atoms with Crippen molar-refractivity contribution in [2.75, 3.05) is 4.90 Å². The third kappa shape index (κ3) is 2.23. The number of carbonyl (C=O) groups excluding carboxylic acids is 2. The average molecular weight is 313 g/mol. The lowest BCUT2D eigenvalue weighted by molar-refractivity contribution is -0.117. The van der Waals surface area contributed by atoms with Gasteiger partial charge in [0.25, 0.3) is 5.91 Å². The summed E-state index contributed by atoms with van der Waals surface area (Å²) in [6, 6.07) is 10.6. The van der Waals surface area contributed by atoms with Crippen molar-refractivity contribution in [2.24, 2.45) is 0 Å². The molecule has 2 aromatic rings. The van der Waals surface area contributed by atoms with Crippen molar-refractivity contribution in [3.8, 4) is 0 Å². The van der Waals surface area contributed by atoms with Crippen LogP contribution in [0.15, 0.2) is 53.1 Å². The number of carbonyl (C=O) groups is 2. The van der Waals surface area contributed by atoms with Gasteiger partial charge >= 0.3 is 0 Å². The monoisotopic (exact) mass is 313 g/mol. The number of anilines is 1.